The first-order valence-electron chi connectivity index (χ1n) is 9.98. The summed E-state index contributed by atoms with van der Waals surface area (Å²) in [6, 6.07) is 13.9. The number of nitrogens with zero attached hydrogens (tertiary/aromatic N) is 2. The zero-order valence-electron chi connectivity index (χ0n) is 16.9. The zero-order chi connectivity index (χ0) is 20.4. The maximum atomic E-state index is 9.38. The lowest BCUT2D eigenvalue weighted by atomic mass is 9.84. The predicted molar refractivity (Wildman–Crippen MR) is 113 cm³/mol. The van der Waals surface area contributed by atoms with E-state index in [1.54, 1.807) is 13.2 Å². The summed E-state index contributed by atoms with van der Waals surface area (Å²) in [6.07, 6.45) is 3.39. The van der Waals surface area contributed by atoms with E-state index >= 15 is 0 Å². The smallest absolute Gasteiger partial charge is 0.218 e. The van der Waals surface area contributed by atoms with Gasteiger partial charge < -0.3 is 25.2 Å². The third-order valence-corrected chi connectivity index (χ3v) is 5.20. The van der Waals surface area contributed by atoms with Gasteiger partial charge in [-0.3, -0.25) is 4.99 Å². The number of rotatable bonds is 9. The monoisotopic (exact) mass is 398 g/mol. The predicted octanol–water partition coefficient (Wildman–Crippen LogP) is 2.11. The standard InChI is InChI=1S/C22H30N4O3/c1-23-21(26-16-22(9-12-27)10-13-28-17-22)25-14-19-8-5-11-24-20(19)29-15-18-6-3-2-4-7-18/h2-8,11,27H,9-10,12-17H2,1H3,(H2,23,25,26). The van der Waals surface area contributed by atoms with Gasteiger partial charge in [0, 0.05) is 50.5 Å². The fraction of sp³-hybridized carbons (Fsp3) is 0.455. The normalized spacial score (nSPS) is 19.2. The highest BCUT2D eigenvalue weighted by molar-refractivity contribution is 5.79. The molecule has 0 amide bonds. The number of benzene rings is 1. The summed E-state index contributed by atoms with van der Waals surface area (Å²) >= 11 is 0. The van der Waals surface area contributed by atoms with E-state index < -0.39 is 0 Å². The van der Waals surface area contributed by atoms with Crippen molar-refractivity contribution in [3.8, 4) is 5.88 Å². The van der Waals surface area contributed by atoms with Gasteiger partial charge in [-0.2, -0.15) is 0 Å². The SMILES string of the molecule is CN=C(NCc1cccnc1OCc1ccccc1)NCC1(CCO)CCOC1. The van der Waals surface area contributed by atoms with Crippen molar-refractivity contribution >= 4 is 5.96 Å². The fourth-order valence-corrected chi connectivity index (χ4v) is 3.40. The summed E-state index contributed by atoms with van der Waals surface area (Å²) in [5.41, 5.74) is 2.02. The molecule has 0 aliphatic carbocycles. The number of hydrogen-bond acceptors (Lipinski definition) is 5. The molecule has 1 aromatic heterocycles. The number of pyridine rings is 1. The second-order valence-corrected chi connectivity index (χ2v) is 7.30. The lowest BCUT2D eigenvalue weighted by Crippen LogP contribution is -2.44. The molecule has 1 unspecified atom stereocenters. The maximum absolute atomic E-state index is 9.38. The molecule has 0 bridgehead atoms. The third kappa shape index (κ3) is 6.17. The van der Waals surface area contributed by atoms with Crippen LogP contribution in [0.3, 0.4) is 0 Å². The molecule has 1 aromatic carbocycles. The summed E-state index contributed by atoms with van der Waals surface area (Å²) in [5, 5.41) is 16.1. The molecule has 3 rings (SSSR count). The van der Waals surface area contributed by atoms with Gasteiger partial charge in [-0.25, -0.2) is 4.98 Å². The van der Waals surface area contributed by atoms with Crippen LogP contribution in [0.15, 0.2) is 53.7 Å². The van der Waals surface area contributed by atoms with Crippen LogP contribution in [0.5, 0.6) is 5.88 Å². The molecule has 1 fully saturated rings. The first-order valence-corrected chi connectivity index (χ1v) is 9.98. The number of nitrogens with one attached hydrogen (secondary N) is 2. The van der Waals surface area contributed by atoms with Crippen molar-refractivity contribution in [1.29, 1.82) is 0 Å². The van der Waals surface area contributed by atoms with Gasteiger partial charge in [-0.05, 0) is 24.5 Å². The molecular formula is C22H30N4O3. The molecule has 2 aromatic rings. The van der Waals surface area contributed by atoms with E-state index in [-0.39, 0.29) is 12.0 Å². The molecule has 7 nitrogen and oxygen atoms in total. The second-order valence-electron chi connectivity index (χ2n) is 7.30. The molecule has 2 heterocycles. The number of hydrogen-bond donors (Lipinski definition) is 3. The Bertz CT molecular complexity index is 777. The molecule has 1 aliphatic rings. The number of aromatic nitrogens is 1. The number of ether oxygens (including phenoxy) is 2. The first-order chi connectivity index (χ1) is 14.2. The van der Waals surface area contributed by atoms with Gasteiger partial charge in [-0.1, -0.05) is 36.4 Å². The topological polar surface area (TPSA) is 88.0 Å². The van der Waals surface area contributed by atoms with Crippen molar-refractivity contribution in [3.05, 3.63) is 59.8 Å². The van der Waals surface area contributed by atoms with E-state index in [4.69, 9.17) is 9.47 Å². The van der Waals surface area contributed by atoms with Crippen LogP contribution in [0.4, 0.5) is 0 Å². The number of aliphatic hydroxyl groups is 1. The molecule has 0 saturated carbocycles. The molecule has 3 N–H and O–H groups in total. The second kappa shape index (κ2) is 10.8. The van der Waals surface area contributed by atoms with Gasteiger partial charge in [0.2, 0.25) is 5.88 Å². The molecule has 1 saturated heterocycles. The summed E-state index contributed by atoms with van der Waals surface area (Å²) < 4.78 is 11.5. The van der Waals surface area contributed by atoms with E-state index in [1.165, 1.54) is 0 Å². The molecular weight excluding hydrogens is 368 g/mol. The molecule has 29 heavy (non-hydrogen) atoms. The van der Waals surface area contributed by atoms with Crippen molar-refractivity contribution in [2.75, 3.05) is 33.4 Å². The first kappa shape index (κ1) is 21.1. The van der Waals surface area contributed by atoms with Crippen molar-refractivity contribution in [2.45, 2.75) is 26.0 Å². The summed E-state index contributed by atoms with van der Waals surface area (Å²) in [6.45, 7) is 3.29. The Labute approximate surface area is 172 Å². The average molecular weight is 399 g/mol. The number of aliphatic imine (C=N–C) groups is 1. The van der Waals surface area contributed by atoms with Crippen LogP contribution in [0.25, 0.3) is 0 Å². The largest absolute Gasteiger partial charge is 0.473 e. The van der Waals surface area contributed by atoms with Crippen molar-refractivity contribution < 1.29 is 14.6 Å². The Morgan fingerprint density at radius 1 is 1.24 bits per heavy atom. The number of aliphatic hydroxyl groups excluding tert-OH is 1. The lowest BCUT2D eigenvalue weighted by Gasteiger charge is -2.27. The van der Waals surface area contributed by atoms with Gasteiger partial charge in [0.25, 0.3) is 0 Å². The van der Waals surface area contributed by atoms with Gasteiger partial charge in [0.15, 0.2) is 5.96 Å². The van der Waals surface area contributed by atoms with Gasteiger partial charge in [0.05, 0.1) is 6.61 Å². The van der Waals surface area contributed by atoms with E-state index in [2.05, 4.69) is 20.6 Å². The van der Waals surface area contributed by atoms with Crippen LogP contribution in [0.1, 0.15) is 24.0 Å². The summed E-state index contributed by atoms with van der Waals surface area (Å²) in [7, 11) is 1.75. The Morgan fingerprint density at radius 2 is 2.10 bits per heavy atom. The molecule has 7 heteroatoms. The molecule has 0 spiro atoms. The van der Waals surface area contributed by atoms with E-state index in [1.807, 2.05) is 42.5 Å². The molecule has 1 aliphatic heterocycles. The van der Waals surface area contributed by atoms with Gasteiger partial charge in [0.1, 0.15) is 6.61 Å². The van der Waals surface area contributed by atoms with Crippen LogP contribution >= 0.6 is 0 Å². The highest BCUT2D eigenvalue weighted by atomic mass is 16.5. The fourth-order valence-electron chi connectivity index (χ4n) is 3.40. The van der Waals surface area contributed by atoms with Crippen LogP contribution in [-0.4, -0.2) is 49.5 Å². The van der Waals surface area contributed by atoms with Crippen molar-refractivity contribution in [1.82, 2.24) is 15.6 Å². The third-order valence-electron chi connectivity index (χ3n) is 5.20. The molecule has 156 valence electrons. The minimum absolute atomic E-state index is 0.0371. The Hall–Kier alpha value is -2.64. The van der Waals surface area contributed by atoms with Gasteiger partial charge >= 0.3 is 0 Å². The minimum atomic E-state index is -0.0371. The van der Waals surface area contributed by atoms with E-state index in [0.717, 1.165) is 30.6 Å². The maximum Gasteiger partial charge on any atom is 0.218 e. The lowest BCUT2D eigenvalue weighted by molar-refractivity contribution is 0.127. The van der Waals surface area contributed by atoms with Crippen LogP contribution in [-0.2, 0) is 17.9 Å². The van der Waals surface area contributed by atoms with Gasteiger partial charge in [-0.15, -0.1) is 0 Å². The Kier molecular flexibility index (Phi) is 7.84. The molecule has 1 atom stereocenters. The summed E-state index contributed by atoms with van der Waals surface area (Å²) in [4.78, 5) is 8.68. The highest BCUT2D eigenvalue weighted by Gasteiger charge is 2.34. The minimum Gasteiger partial charge on any atom is -0.473 e. The number of guanidine groups is 1. The Balaban J connectivity index is 1.54. The molecule has 0 radical (unpaired) electrons. The van der Waals surface area contributed by atoms with Crippen LogP contribution in [0, 0.1) is 5.41 Å². The summed E-state index contributed by atoms with van der Waals surface area (Å²) in [5.74, 6) is 1.31. The van der Waals surface area contributed by atoms with Crippen molar-refractivity contribution in [2.24, 2.45) is 10.4 Å². The quantitative estimate of drug-likeness (QED) is 0.443. The average Bonchev–Trinajstić information content (AvgIpc) is 3.23. The van der Waals surface area contributed by atoms with E-state index in [9.17, 15) is 5.11 Å². The zero-order valence-corrected chi connectivity index (χ0v) is 16.9. The van der Waals surface area contributed by atoms with Crippen LogP contribution in [0.2, 0.25) is 0 Å². The van der Waals surface area contributed by atoms with Crippen molar-refractivity contribution in [3.63, 3.8) is 0 Å². The van der Waals surface area contributed by atoms with E-state index in [0.29, 0.717) is 38.1 Å². The van der Waals surface area contributed by atoms with Crippen LogP contribution < -0.4 is 15.4 Å². The Morgan fingerprint density at radius 3 is 2.83 bits per heavy atom. The highest BCUT2D eigenvalue weighted by Crippen LogP contribution is 2.31.